The number of H-pyrrole nitrogens is 1. The zero-order chi connectivity index (χ0) is 9.59. The number of rotatable bonds is 1. The first-order chi connectivity index (χ1) is 6.09. The molecular weight excluding hydrogens is 238 g/mol. The lowest BCUT2D eigenvalue weighted by atomic mass is 10.4. The van der Waals surface area contributed by atoms with Gasteiger partial charge in [-0.15, -0.1) is 0 Å². The number of nitrogens with zero attached hydrogens (tertiary/aromatic N) is 2. The molecule has 0 aliphatic carbocycles. The molecule has 0 unspecified atom stereocenters. The normalized spacial score (nSPS) is 10.9. The van der Waals surface area contributed by atoms with E-state index in [1.807, 2.05) is 6.92 Å². The average Bonchev–Trinajstić information content (AvgIpc) is 2.51. The van der Waals surface area contributed by atoms with Gasteiger partial charge in [-0.2, -0.15) is 0 Å². The fraction of sp³-hybridized carbons (Fsp3) is 0.143. The van der Waals surface area contributed by atoms with E-state index in [4.69, 9.17) is 5.11 Å². The second-order valence-corrected chi connectivity index (χ2v) is 3.47. The van der Waals surface area contributed by atoms with Crippen LogP contribution in [0.3, 0.4) is 0 Å². The van der Waals surface area contributed by atoms with Gasteiger partial charge in [0.1, 0.15) is 0 Å². The summed E-state index contributed by atoms with van der Waals surface area (Å²) in [7, 11) is 0. The van der Waals surface area contributed by atoms with E-state index < -0.39 is 5.97 Å². The summed E-state index contributed by atoms with van der Waals surface area (Å²) in [4.78, 5) is 14.8. The number of hydrogen-bond donors (Lipinski definition) is 2. The van der Waals surface area contributed by atoms with Crippen LogP contribution in [0.25, 0.3) is 5.65 Å². The number of halogens is 1. The van der Waals surface area contributed by atoms with Crippen LogP contribution in [0.1, 0.15) is 16.2 Å². The number of fused-ring (bicyclic) bond motifs is 1. The van der Waals surface area contributed by atoms with Crippen LogP contribution in [0.5, 0.6) is 0 Å². The highest BCUT2D eigenvalue weighted by molar-refractivity contribution is 9.10. The van der Waals surface area contributed by atoms with Crippen molar-refractivity contribution < 1.29 is 9.90 Å². The average molecular weight is 244 g/mol. The topological polar surface area (TPSA) is 70.4 Å². The van der Waals surface area contributed by atoms with Crippen LogP contribution in [0.2, 0.25) is 0 Å². The number of carboxylic acids is 1. The molecule has 68 valence electrons. The van der Waals surface area contributed by atoms with E-state index >= 15 is 0 Å². The maximum Gasteiger partial charge on any atom is 0.355 e. The summed E-state index contributed by atoms with van der Waals surface area (Å²) in [5.74, 6) is -1.00. The van der Waals surface area contributed by atoms with Gasteiger partial charge < -0.3 is 5.11 Å². The minimum absolute atomic E-state index is 0.113. The Morgan fingerprint density at radius 3 is 3.00 bits per heavy atom. The number of nitrogens with one attached hydrogen (secondary N) is 1. The fourth-order valence-corrected chi connectivity index (χ4v) is 1.70. The van der Waals surface area contributed by atoms with Gasteiger partial charge >= 0.3 is 5.97 Å². The maximum absolute atomic E-state index is 10.7. The number of imidazole rings is 1. The third-order valence-electron chi connectivity index (χ3n) is 1.69. The molecule has 2 aromatic rings. The predicted molar refractivity (Wildman–Crippen MR) is 48.9 cm³/mol. The Morgan fingerprint density at radius 2 is 2.46 bits per heavy atom. The fourth-order valence-electron chi connectivity index (χ4n) is 1.16. The molecule has 0 aliphatic heterocycles. The van der Waals surface area contributed by atoms with Crippen molar-refractivity contribution in [3.05, 3.63) is 22.1 Å². The summed E-state index contributed by atoms with van der Waals surface area (Å²) in [5.41, 5.74) is 1.54. The minimum Gasteiger partial charge on any atom is -0.476 e. The standard InChI is InChI=1S/C7H6BrN3O2/c1-3-2-11-6(9-3)4(8)5(10-11)7(12)13/h2,10H,1H3,(H,12,13). The molecule has 0 aromatic carbocycles. The molecule has 13 heavy (non-hydrogen) atoms. The lowest BCUT2D eigenvalue weighted by Crippen LogP contribution is -1.98. The van der Waals surface area contributed by atoms with Crippen LogP contribution in [-0.2, 0) is 0 Å². The molecular formula is C7H6BrN3O2. The van der Waals surface area contributed by atoms with Gasteiger partial charge in [0.15, 0.2) is 11.3 Å². The van der Waals surface area contributed by atoms with Crippen molar-refractivity contribution in [3.63, 3.8) is 0 Å². The molecule has 0 aliphatic rings. The molecule has 0 saturated heterocycles. The first-order valence-electron chi connectivity index (χ1n) is 3.56. The van der Waals surface area contributed by atoms with Gasteiger partial charge in [-0.1, -0.05) is 0 Å². The Balaban J connectivity index is 2.76. The maximum atomic E-state index is 10.7. The summed E-state index contributed by atoms with van der Waals surface area (Å²) in [6.07, 6.45) is 1.73. The van der Waals surface area contributed by atoms with Crippen molar-refractivity contribution in [2.45, 2.75) is 6.92 Å². The largest absolute Gasteiger partial charge is 0.476 e. The Kier molecular flexibility index (Phi) is 1.66. The van der Waals surface area contributed by atoms with Crippen molar-refractivity contribution in [2.24, 2.45) is 0 Å². The minimum atomic E-state index is -1.00. The molecule has 0 saturated carbocycles. The van der Waals surface area contributed by atoms with Gasteiger partial charge in [0.2, 0.25) is 0 Å². The van der Waals surface area contributed by atoms with Gasteiger partial charge in [-0.05, 0) is 22.9 Å². The van der Waals surface area contributed by atoms with E-state index in [0.29, 0.717) is 10.1 Å². The SMILES string of the molecule is Cc1cn2[nH]c(C(=O)O)c(Br)c2n1. The molecule has 0 atom stereocenters. The Labute approximate surface area is 81.5 Å². The molecule has 0 fully saturated rings. The summed E-state index contributed by atoms with van der Waals surface area (Å²) >= 11 is 3.17. The molecule has 5 nitrogen and oxygen atoms in total. The molecule has 2 aromatic heterocycles. The van der Waals surface area contributed by atoms with Crippen LogP contribution < -0.4 is 0 Å². The van der Waals surface area contributed by atoms with Gasteiger partial charge in [0, 0.05) is 0 Å². The smallest absolute Gasteiger partial charge is 0.355 e. The van der Waals surface area contributed by atoms with Crippen LogP contribution in [0.15, 0.2) is 10.7 Å². The predicted octanol–water partition coefficient (Wildman–Crippen LogP) is 1.43. The first-order valence-corrected chi connectivity index (χ1v) is 4.35. The van der Waals surface area contributed by atoms with E-state index in [-0.39, 0.29) is 5.69 Å². The summed E-state index contributed by atoms with van der Waals surface area (Å²) < 4.78 is 2.05. The highest BCUT2D eigenvalue weighted by Crippen LogP contribution is 2.21. The van der Waals surface area contributed by atoms with Crippen molar-refractivity contribution in [3.8, 4) is 0 Å². The monoisotopic (exact) mass is 243 g/mol. The third kappa shape index (κ3) is 1.14. The van der Waals surface area contributed by atoms with Crippen molar-refractivity contribution in [2.75, 3.05) is 0 Å². The number of hydrogen-bond acceptors (Lipinski definition) is 2. The highest BCUT2D eigenvalue weighted by atomic mass is 79.9. The Morgan fingerprint density at radius 1 is 1.77 bits per heavy atom. The summed E-state index contributed by atoms with van der Waals surface area (Å²) in [6.45, 7) is 1.84. The van der Waals surface area contributed by atoms with Crippen molar-refractivity contribution >= 4 is 27.5 Å². The lowest BCUT2D eigenvalue weighted by Gasteiger charge is -1.87. The van der Waals surface area contributed by atoms with E-state index in [2.05, 4.69) is 26.0 Å². The number of aromatic carboxylic acids is 1. The van der Waals surface area contributed by atoms with E-state index in [0.717, 1.165) is 5.69 Å². The van der Waals surface area contributed by atoms with Gasteiger partial charge in [0.05, 0.1) is 16.4 Å². The summed E-state index contributed by atoms with van der Waals surface area (Å²) in [5, 5.41) is 11.4. The molecule has 6 heteroatoms. The second-order valence-electron chi connectivity index (χ2n) is 2.68. The number of aromatic nitrogens is 3. The molecule has 2 rings (SSSR count). The highest BCUT2D eigenvalue weighted by Gasteiger charge is 2.16. The van der Waals surface area contributed by atoms with E-state index in [1.165, 1.54) is 0 Å². The number of carbonyl (C=O) groups is 1. The van der Waals surface area contributed by atoms with Crippen LogP contribution in [0, 0.1) is 6.92 Å². The number of carboxylic acid groups (broad SMARTS) is 1. The van der Waals surface area contributed by atoms with E-state index in [1.54, 1.807) is 10.7 Å². The lowest BCUT2D eigenvalue weighted by molar-refractivity contribution is 0.0689. The first kappa shape index (κ1) is 8.31. The molecule has 2 heterocycles. The molecule has 0 amide bonds. The zero-order valence-corrected chi connectivity index (χ0v) is 8.29. The number of aromatic amines is 1. The third-order valence-corrected chi connectivity index (χ3v) is 2.44. The molecule has 0 bridgehead atoms. The van der Waals surface area contributed by atoms with Crippen molar-refractivity contribution in [1.82, 2.24) is 14.6 Å². The van der Waals surface area contributed by atoms with Gasteiger partial charge in [-0.25, -0.2) is 14.3 Å². The molecule has 0 radical (unpaired) electrons. The second kappa shape index (κ2) is 2.59. The number of aryl methyl sites for hydroxylation is 1. The Bertz CT molecular complexity index is 485. The molecule has 0 spiro atoms. The molecule has 2 N–H and O–H groups in total. The quantitative estimate of drug-likeness (QED) is 0.797. The van der Waals surface area contributed by atoms with Crippen LogP contribution >= 0.6 is 15.9 Å². The zero-order valence-electron chi connectivity index (χ0n) is 6.71. The van der Waals surface area contributed by atoms with Crippen LogP contribution in [-0.4, -0.2) is 25.7 Å². The Hall–Kier alpha value is -1.30. The van der Waals surface area contributed by atoms with E-state index in [9.17, 15) is 4.79 Å². The summed E-state index contributed by atoms with van der Waals surface area (Å²) in [6, 6.07) is 0. The van der Waals surface area contributed by atoms with Gasteiger partial charge in [0.25, 0.3) is 0 Å². The van der Waals surface area contributed by atoms with Gasteiger partial charge in [-0.3, -0.25) is 5.10 Å². The van der Waals surface area contributed by atoms with Crippen molar-refractivity contribution in [1.29, 1.82) is 0 Å². The van der Waals surface area contributed by atoms with Crippen LogP contribution in [0.4, 0.5) is 0 Å².